The number of nitrogens with zero attached hydrogens (tertiary/aromatic N) is 1. The summed E-state index contributed by atoms with van der Waals surface area (Å²) in [7, 11) is 0. The zero-order valence-corrected chi connectivity index (χ0v) is 9.10. The Kier molecular flexibility index (Phi) is 2.74. The SMILES string of the molecule is Nc1n[nH]c(C(F)(F)F)c1-c1ccccc1Cl. The number of aromatic amines is 1. The fourth-order valence-corrected chi connectivity index (χ4v) is 1.73. The summed E-state index contributed by atoms with van der Waals surface area (Å²) in [5, 5.41) is 5.44. The van der Waals surface area contributed by atoms with Gasteiger partial charge in [-0.05, 0) is 6.07 Å². The molecule has 0 radical (unpaired) electrons. The second-order valence-electron chi connectivity index (χ2n) is 3.34. The maximum atomic E-state index is 12.7. The van der Waals surface area contributed by atoms with Gasteiger partial charge in [0.25, 0.3) is 0 Å². The van der Waals surface area contributed by atoms with Gasteiger partial charge < -0.3 is 5.73 Å². The van der Waals surface area contributed by atoms with E-state index in [1.807, 2.05) is 5.10 Å². The lowest BCUT2D eigenvalue weighted by atomic mass is 10.1. The van der Waals surface area contributed by atoms with E-state index in [9.17, 15) is 13.2 Å². The van der Waals surface area contributed by atoms with Crippen molar-refractivity contribution in [2.24, 2.45) is 0 Å². The standard InChI is InChI=1S/C10H7ClF3N3/c11-6-4-2-1-3-5(6)7-8(10(12,13)14)16-17-9(7)15/h1-4H,(H3,15,16,17). The van der Waals surface area contributed by atoms with Gasteiger partial charge in [0.2, 0.25) is 0 Å². The monoisotopic (exact) mass is 261 g/mol. The zero-order valence-electron chi connectivity index (χ0n) is 8.35. The molecule has 0 aliphatic heterocycles. The van der Waals surface area contributed by atoms with Gasteiger partial charge in [-0.2, -0.15) is 18.3 Å². The summed E-state index contributed by atoms with van der Waals surface area (Å²) in [6.45, 7) is 0. The van der Waals surface area contributed by atoms with E-state index in [-0.39, 0.29) is 22.0 Å². The number of benzene rings is 1. The minimum absolute atomic E-state index is 0.186. The first-order valence-electron chi connectivity index (χ1n) is 4.57. The molecule has 2 aromatic rings. The average Bonchev–Trinajstić information content (AvgIpc) is 2.60. The first kappa shape index (κ1) is 11.8. The number of nitrogen functional groups attached to an aromatic ring is 1. The number of nitrogens with two attached hydrogens (primary N) is 1. The lowest BCUT2D eigenvalue weighted by Crippen LogP contribution is -2.07. The molecule has 0 unspecified atom stereocenters. The highest BCUT2D eigenvalue weighted by Crippen LogP contribution is 2.40. The Bertz CT molecular complexity index is 548. The Morgan fingerprint density at radius 2 is 1.88 bits per heavy atom. The number of H-pyrrole nitrogens is 1. The van der Waals surface area contributed by atoms with Crippen LogP contribution in [-0.4, -0.2) is 10.2 Å². The molecule has 2 rings (SSSR count). The van der Waals surface area contributed by atoms with Gasteiger partial charge in [0.15, 0.2) is 5.82 Å². The summed E-state index contributed by atoms with van der Waals surface area (Å²) in [5.41, 5.74) is 4.42. The van der Waals surface area contributed by atoms with E-state index < -0.39 is 11.9 Å². The third kappa shape index (κ3) is 2.08. The molecule has 0 bridgehead atoms. The lowest BCUT2D eigenvalue weighted by Gasteiger charge is -2.08. The number of rotatable bonds is 1. The maximum Gasteiger partial charge on any atom is 0.433 e. The fraction of sp³-hybridized carbons (Fsp3) is 0.100. The maximum absolute atomic E-state index is 12.7. The molecule has 0 spiro atoms. The minimum Gasteiger partial charge on any atom is -0.382 e. The first-order valence-corrected chi connectivity index (χ1v) is 4.95. The van der Waals surface area contributed by atoms with Crippen LogP contribution in [0, 0.1) is 0 Å². The van der Waals surface area contributed by atoms with Crippen molar-refractivity contribution < 1.29 is 13.2 Å². The fourth-order valence-electron chi connectivity index (χ4n) is 1.50. The highest BCUT2D eigenvalue weighted by molar-refractivity contribution is 6.33. The number of alkyl halides is 3. The first-order chi connectivity index (χ1) is 7.91. The van der Waals surface area contributed by atoms with Crippen LogP contribution in [0.25, 0.3) is 11.1 Å². The Hall–Kier alpha value is -1.69. The molecule has 7 heteroatoms. The molecule has 17 heavy (non-hydrogen) atoms. The van der Waals surface area contributed by atoms with Gasteiger partial charge in [-0.25, -0.2) is 0 Å². The molecule has 0 saturated heterocycles. The average molecular weight is 262 g/mol. The highest BCUT2D eigenvalue weighted by Gasteiger charge is 2.37. The van der Waals surface area contributed by atoms with Crippen molar-refractivity contribution in [3.05, 3.63) is 35.0 Å². The summed E-state index contributed by atoms with van der Waals surface area (Å²) in [5.74, 6) is -0.231. The van der Waals surface area contributed by atoms with E-state index >= 15 is 0 Å². The van der Waals surface area contributed by atoms with Crippen LogP contribution in [-0.2, 0) is 6.18 Å². The Morgan fingerprint density at radius 1 is 1.24 bits per heavy atom. The molecule has 3 N–H and O–H groups in total. The third-order valence-corrected chi connectivity index (χ3v) is 2.55. The van der Waals surface area contributed by atoms with Gasteiger partial charge in [0, 0.05) is 10.6 Å². The molecule has 3 nitrogen and oxygen atoms in total. The molecule has 1 heterocycles. The molecule has 90 valence electrons. The van der Waals surface area contributed by atoms with Crippen molar-refractivity contribution in [1.82, 2.24) is 10.2 Å². The largest absolute Gasteiger partial charge is 0.433 e. The van der Waals surface area contributed by atoms with Gasteiger partial charge in [-0.3, -0.25) is 5.10 Å². The molecule has 0 atom stereocenters. The molecule has 0 aliphatic rings. The van der Waals surface area contributed by atoms with Crippen LogP contribution in [0.2, 0.25) is 5.02 Å². The van der Waals surface area contributed by atoms with Crippen molar-refractivity contribution >= 4 is 17.4 Å². The normalized spacial score (nSPS) is 11.8. The number of hydrogen-bond acceptors (Lipinski definition) is 2. The lowest BCUT2D eigenvalue weighted by molar-refractivity contribution is -0.140. The summed E-state index contributed by atoms with van der Waals surface area (Å²) in [4.78, 5) is 0. The van der Waals surface area contributed by atoms with Crippen LogP contribution in [0.3, 0.4) is 0 Å². The molecular weight excluding hydrogens is 255 g/mol. The third-order valence-electron chi connectivity index (χ3n) is 2.22. The molecule has 1 aromatic carbocycles. The number of anilines is 1. The van der Waals surface area contributed by atoms with Crippen LogP contribution >= 0.6 is 11.6 Å². The zero-order chi connectivity index (χ0) is 12.6. The van der Waals surface area contributed by atoms with Gasteiger partial charge in [0.05, 0.1) is 5.56 Å². The van der Waals surface area contributed by atoms with Crippen LogP contribution in [0.15, 0.2) is 24.3 Å². The second-order valence-corrected chi connectivity index (χ2v) is 3.74. The van der Waals surface area contributed by atoms with Crippen molar-refractivity contribution in [3.63, 3.8) is 0 Å². The molecule has 0 fully saturated rings. The predicted octanol–water partition coefficient (Wildman–Crippen LogP) is 3.33. The number of nitrogens with one attached hydrogen (secondary N) is 1. The number of hydrogen-bond donors (Lipinski definition) is 2. The molecule has 0 saturated carbocycles. The van der Waals surface area contributed by atoms with Crippen molar-refractivity contribution in [2.75, 3.05) is 5.73 Å². The summed E-state index contributed by atoms with van der Waals surface area (Å²) >= 11 is 5.85. The molecule has 0 amide bonds. The Balaban J connectivity index is 2.68. The van der Waals surface area contributed by atoms with E-state index in [1.165, 1.54) is 12.1 Å². The van der Waals surface area contributed by atoms with E-state index in [0.29, 0.717) is 0 Å². The summed E-state index contributed by atoms with van der Waals surface area (Å²) < 4.78 is 38.1. The topological polar surface area (TPSA) is 54.7 Å². The second kappa shape index (κ2) is 3.96. The molecule has 1 aromatic heterocycles. The van der Waals surface area contributed by atoms with Crippen LogP contribution in [0.1, 0.15) is 5.69 Å². The highest BCUT2D eigenvalue weighted by atomic mass is 35.5. The van der Waals surface area contributed by atoms with Crippen LogP contribution < -0.4 is 5.73 Å². The van der Waals surface area contributed by atoms with Crippen LogP contribution in [0.4, 0.5) is 19.0 Å². The summed E-state index contributed by atoms with van der Waals surface area (Å²) in [6.07, 6.45) is -4.56. The smallest absolute Gasteiger partial charge is 0.382 e. The van der Waals surface area contributed by atoms with Gasteiger partial charge in [-0.15, -0.1) is 0 Å². The van der Waals surface area contributed by atoms with Gasteiger partial charge in [0.1, 0.15) is 5.69 Å². The Labute approximate surface area is 99.4 Å². The Morgan fingerprint density at radius 3 is 2.47 bits per heavy atom. The van der Waals surface area contributed by atoms with E-state index in [1.54, 1.807) is 12.1 Å². The molecule has 0 aliphatic carbocycles. The number of aromatic nitrogens is 2. The summed E-state index contributed by atoms with van der Waals surface area (Å²) in [6, 6.07) is 6.14. The van der Waals surface area contributed by atoms with Crippen molar-refractivity contribution in [2.45, 2.75) is 6.18 Å². The molecular formula is C10H7ClF3N3. The predicted molar refractivity (Wildman–Crippen MR) is 58.4 cm³/mol. The number of halogens is 4. The van der Waals surface area contributed by atoms with Gasteiger partial charge >= 0.3 is 6.18 Å². The van der Waals surface area contributed by atoms with Gasteiger partial charge in [-0.1, -0.05) is 29.8 Å². The minimum atomic E-state index is -4.56. The van der Waals surface area contributed by atoms with Crippen molar-refractivity contribution in [1.29, 1.82) is 0 Å². The quantitative estimate of drug-likeness (QED) is 0.827. The van der Waals surface area contributed by atoms with E-state index in [0.717, 1.165) is 0 Å². The van der Waals surface area contributed by atoms with E-state index in [2.05, 4.69) is 5.10 Å². The van der Waals surface area contributed by atoms with Crippen LogP contribution in [0.5, 0.6) is 0 Å². The van der Waals surface area contributed by atoms with E-state index in [4.69, 9.17) is 17.3 Å². The van der Waals surface area contributed by atoms with Crippen molar-refractivity contribution in [3.8, 4) is 11.1 Å².